The summed E-state index contributed by atoms with van der Waals surface area (Å²) < 4.78 is 38.8. The van der Waals surface area contributed by atoms with E-state index in [9.17, 15) is 23.1 Å². The van der Waals surface area contributed by atoms with Crippen molar-refractivity contribution in [3.8, 4) is 0 Å². The number of carbonyl (C=O) groups excluding carboxylic acids is 1. The van der Waals surface area contributed by atoms with Crippen molar-refractivity contribution in [3.63, 3.8) is 0 Å². The number of anilines is 2. The van der Waals surface area contributed by atoms with Crippen molar-refractivity contribution in [1.29, 1.82) is 0 Å². The van der Waals surface area contributed by atoms with Gasteiger partial charge in [-0.3, -0.25) is 4.79 Å². The summed E-state index contributed by atoms with van der Waals surface area (Å²) >= 11 is 0. The number of carbonyl (C=O) groups is 1. The average Bonchev–Trinajstić information content (AvgIpc) is 3.21. The van der Waals surface area contributed by atoms with Crippen molar-refractivity contribution in [2.45, 2.75) is 18.7 Å². The van der Waals surface area contributed by atoms with E-state index in [4.69, 9.17) is 0 Å². The number of hydrogen-bond donors (Lipinski definition) is 2. The predicted octanol–water partition coefficient (Wildman–Crippen LogP) is 4.45. The van der Waals surface area contributed by atoms with Gasteiger partial charge in [-0.05, 0) is 47.9 Å². The number of pyridine rings is 1. The summed E-state index contributed by atoms with van der Waals surface area (Å²) in [7, 11) is 0. The zero-order valence-electron chi connectivity index (χ0n) is 16.4. The molecule has 4 rings (SSSR count). The maximum absolute atomic E-state index is 13.2. The van der Waals surface area contributed by atoms with E-state index in [1.807, 2.05) is 24.3 Å². The SMILES string of the molecule is O=C(c1cccnc1NCC(O)c1cccc(C(F)(F)F)c1)N1CCc2ccccc21. The number of nitrogens with one attached hydrogen (secondary N) is 1. The Morgan fingerprint density at radius 1 is 1.13 bits per heavy atom. The number of para-hydroxylation sites is 1. The van der Waals surface area contributed by atoms with E-state index in [0.717, 1.165) is 29.8 Å². The fourth-order valence-electron chi connectivity index (χ4n) is 3.65. The molecule has 0 aliphatic carbocycles. The first-order valence-corrected chi connectivity index (χ1v) is 9.78. The summed E-state index contributed by atoms with van der Waals surface area (Å²) in [6.45, 7) is 0.453. The van der Waals surface area contributed by atoms with E-state index in [1.54, 1.807) is 17.0 Å². The highest BCUT2D eigenvalue weighted by molar-refractivity contribution is 6.10. The number of amides is 1. The van der Waals surface area contributed by atoms with Gasteiger partial charge in [0.15, 0.2) is 0 Å². The molecule has 0 spiro atoms. The Hall–Kier alpha value is -3.39. The van der Waals surface area contributed by atoms with E-state index in [2.05, 4.69) is 10.3 Å². The molecule has 0 saturated carbocycles. The van der Waals surface area contributed by atoms with E-state index in [0.29, 0.717) is 12.1 Å². The molecule has 1 aliphatic rings. The lowest BCUT2D eigenvalue weighted by atomic mass is 10.1. The monoisotopic (exact) mass is 427 g/mol. The number of aliphatic hydroxyl groups is 1. The van der Waals surface area contributed by atoms with Crippen LogP contribution in [0.25, 0.3) is 0 Å². The molecule has 1 atom stereocenters. The zero-order valence-corrected chi connectivity index (χ0v) is 16.4. The van der Waals surface area contributed by atoms with Crippen LogP contribution in [0, 0.1) is 0 Å². The second-order valence-electron chi connectivity index (χ2n) is 7.25. The molecular weight excluding hydrogens is 407 g/mol. The molecule has 2 N–H and O–H groups in total. The Bertz CT molecular complexity index is 1100. The summed E-state index contributed by atoms with van der Waals surface area (Å²) in [5.41, 5.74) is 1.57. The molecule has 160 valence electrons. The molecule has 31 heavy (non-hydrogen) atoms. The molecule has 2 heterocycles. The average molecular weight is 427 g/mol. The van der Waals surface area contributed by atoms with E-state index < -0.39 is 17.8 Å². The normalized spacial score (nSPS) is 14.3. The molecule has 8 heteroatoms. The van der Waals surface area contributed by atoms with Gasteiger partial charge < -0.3 is 15.3 Å². The van der Waals surface area contributed by atoms with Crippen LogP contribution < -0.4 is 10.2 Å². The second-order valence-corrected chi connectivity index (χ2v) is 7.25. The van der Waals surface area contributed by atoms with Gasteiger partial charge in [-0.2, -0.15) is 13.2 Å². The van der Waals surface area contributed by atoms with Gasteiger partial charge in [-0.15, -0.1) is 0 Å². The fraction of sp³-hybridized carbons (Fsp3) is 0.217. The first-order valence-electron chi connectivity index (χ1n) is 9.78. The van der Waals surface area contributed by atoms with E-state index in [-0.39, 0.29) is 23.8 Å². The van der Waals surface area contributed by atoms with Crippen molar-refractivity contribution < 1.29 is 23.1 Å². The minimum atomic E-state index is -4.49. The first kappa shape index (κ1) is 20.9. The molecule has 1 amide bonds. The maximum Gasteiger partial charge on any atom is 0.416 e. The Morgan fingerprint density at radius 3 is 2.74 bits per heavy atom. The number of aromatic nitrogens is 1. The van der Waals surface area contributed by atoms with E-state index in [1.165, 1.54) is 18.3 Å². The highest BCUT2D eigenvalue weighted by Crippen LogP contribution is 2.32. The van der Waals surface area contributed by atoms with Crippen molar-refractivity contribution in [2.24, 2.45) is 0 Å². The summed E-state index contributed by atoms with van der Waals surface area (Å²) in [6, 6.07) is 15.5. The topological polar surface area (TPSA) is 65.5 Å². The van der Waals surface area contributed by atoms with Gasteiger partial charge in [-0.25, -0.2) is 4.98 Å². The molecule has 0 bridgehead atoms. The lowest BCUT2D eigenvalue weighted by Gasteiger charge is -2.20. The van der Waals surface area contributed by atoms with Crippen LogP contribution in [0.1, 0.15) is 33.2 Å². The molecular formula is C23H20F3N3O2. The second kappa shape index (κ2) is 8.39. The Kier molecular flexibility index (Phi) is 5.65. The van der Waals surface area contributed by atoms with Crippen molar-refractivity contribution in [2.75, 3.05) is 23.3 Å². The minimum Gasteiger partial charge on any atom is -0.387 e. The van der Waals surface area contributed by atoms with Gasteiger partial charge in [0.05, 0.1) is 17.2 Å². The number of halogens is 3. The van der Waals surface area contributed by atoms with Crippen molar-refractivity contribution >= 4 is 17.4 Å². The number of nitrogens with zero attached hydrogens (tertiary/aromatic N) is 2. The lowest BCUT2D eigenvalue weighted by molar-refractivity contribution is -0.137. The molecule has 1 unspecified atom stereocenters. The number of aliphatic hydroxyl groups excluding tert-OH is 1. The molecule has 3 aromatic rings. The van der Waals surface area contributed by atoms with Crippen LogP contribution in [-0.4, -0.2) is 29.1 Å². The molecule has 2 aromatic carbocycles. The van der Waals surface area contributed by atoms with Crippen LogP contribution in [0.2, 0.25) is 0 Å². The molecule has 1 aliphatic heterocycles. The molecule has 0 fully saturated rings. The van der Waals surface area contributed by atoms with Crippen LogP contribution in [0.5, 0.6) is 0 Å². The summed E-state index contributed by atoms with van der Waals surface area (Å²) in [5, 5.41) is 13.3. The summed E-state index contributed by atoms with van der Waals surface area (Å²) in [6.07, 6.45) is -3.43. The van der Waals surface area contributed by atoms with Crippen LogP contribution in [0.4, 0.5) is 24.7 Å². The molecule has 5 nitrogen and oxygen atoms in total. The Morgan fingerprint density at radius 2 is 1.94 bits per heavy atom. The van der Waals surface area contributed by atoms with Gasteiger partial charge in [0, 0.05) is 25.0 Å². The summed E-state index contributed by atoms with van der Waals surface area (Å²) in [5.74, 6) is 0.0389. The highest BCUT2D eigenvalue weighted by atomic mass is 19.4. The number of alkyl halides is 3. The molecule has 0 radical (unpaired) electrons. The maximum atomic E-state index is 13.2. The number of benzene rings is 2. The minimum absolute atomic E-state index is 0.102. The van der Waals surface area contributed by atoms with Crippen LogP contribution >= 0.6 is 0 Å². The third-order valence-electron chi connectivity index (χ3n) is 5.23. The van der Waals surface area contributed by atoms with Crippen LogP contribution in [0.3, 0.4) is 0 Å². The molecule has 0 saturated heterocycles. The number of rotatable bonds is 5. The van der Waals surface area contributed by atoms with Gasteiger partial charge in [0.2, 0.25) is 0 Å². The van der Waals surface area contributed by atoms with Gasteiger partial charge >= 0.3 is 6.18 Å². The quantitative estimate of drug-likeness (QED) is 0.632. The standard InChI is InChI=1S/C23H20F3N3O2/c24-23(25,26)17-7-3-6-16(13-17)20(30)14-28-21-18(8-4-11-27-21)22(31)29-12-10-15-5-1-2-9-19(15)29/h1-9,11,13,20,30H,10,12,14H2,(H,27,28). The zero-order chi connectivity index (χ0) is 22.0. The molecule has 1 aromatic heterocycles. The van der Waals surface area contributed by atoms with E-state index >= 15 is 0 Å². The van der Waals surface area contributed by atoms with Gasteiger partial charge in [0.1, 0.15) is 5.82 Å². The third kappa shape index (κ3) is 4.39. The Labute approximate surface area is 177 Å². The fourth-order valence-corrected chi connectivity index (χ4v) is 3.65. The van der Waals surface area contributed by atoms with Crippen molar-refractivity contribution in [3.05, 3.63) is 89.1 Å². The Balaban J connectivity index is 1.50. The van der Waals surface area contributed by atoms with Crippen molar-refractivity contribution in [1.82, 2.24) is 4.98 Å². The summed E-state index contributed by atoms with van der Waals surface area (Å²) in [4.78, 5) is 19.0. The van der Waals surface area contributed by atoms with Crippen LogP contribution in [0.15, 0.2) is 66.9 Å². The predicted molar refractivity (Wildman–Crippen MR) is 111 cm³/mol. The first-order chi connectivity index (χ1) is 14.8. The number of fused-ring (bicyclic) bond motifs is 1. The largest absolute Gasteiger partial charge is 0.416 e. The smallest absolute Gasteiger partial charge is 0.387 e. The van der Waals surface area contributed by atoms with Crippen LogP contribution in [-0.2, 0) is 12.6 Å². The third-order valence-corrected chi connectivity index (χ3v) is 5.23. The van der Waals surface area contributed by atoms with Gasteiger partial charge in [0.25, 0.3) is 5.91 Å². The number of hydrogen-bond acceptors (Lipinski definition) is 4. The highest BCUT2D eigenvalue weighted by Gasteiger charge is 2.31. The van der Waals surface area contributed by atoms with Gasteiger partial charge in [-0.1, -0.05) is 30.3 Å². The lowest BCUT2D eigenvalue weighted by Crippen LogP contribution is -2.30.